The van der Waals surface area contributed by atoms with Crippen molar-refractivity contribution in [3.63, 3.8) is 0 Å². The molecular weight excluding hydrogens is 196 g/mol. The molecule has 0 amide bonds. The van der Waals surface area contributed by atoms with Crippen molar-refractivity contribution in [2.45, 2.75) is 72.5 Å². The fourth-order valence-electron chi connectivity index (χ4n) is 2.22. The molecule has 0 saturated heterocycles. The predicted molar refractivity (Wildman–Crippen MR) is 74.0 cm³/mol. The maximum atomic E-state index is 2.54. The third-order valence-corrected chi connectivity index (χ3v) is 3.95. The van der Waals surface area contributed by atoms with Crippen LogP contribution >= 0.6 is 0 Å². The van der Waals surface area contributed by atoms with Crippen LogP contribution in [-0.2, 0) is 0 Å². The van der Waals surface area contributed by atoms with E-state index in [9.17, 15) is 0 Å². The lowest BCUT2D eigenvalue weighted by Gasteiger charge is -2.31. The van der Waals surface area contributed by atoms with Gasteiger partial charge in [-0.05, 0) is 60.7 Å². The van der Waals surface area contributed by atoms with E-state index in [4.69, 9.17) is 0 Å². The summed E-state index contributed by atoms with van der Waals surface area (Å²) >= 11 is 0. The molecule has 16 heavy (non-hydrogen) atoms. The highest BCUT2D eigenvalue weighted by Gasteiger charge is 2.15. The minimum Gasteiger partial charge on any atom is -0.301 e. The van der Waals surface area contributed by atoms with E-state index in [1.807, 2.05) is 0 Å². The van der Waals surface area contributed by atoms with Gasteiger partial charge in [0.05, 0.1) is 0 Å². The van der Waals surface area contributed by atoms with Crippen LogP contribution in [0.3, 0.4) is 0 Å². The molecule has 0 N–H and O–H groups in total. The van der Waals surface area contributed by atoms with Crippen molar-refractivity contribution < 1.29 is 0 Å². The van der Waals surface area contributed by atoms with Crippen LogP contribution < -0.4 is 0 Å². The largest absolute Gasteiger partial charge is 0.301 e. The molecule has 0 fully saturated rings. The highest BCUT2D eigenvalue weighted by atomic mass is 15.2. The van der Waals surface area contributed by atoms with E-state index in [-0.39, 0.29) is 0 Å². The Labute approximate surface area is 103 Å². The Bertz CT molecular complexity index is 156. The molecule has 2 unspecified atom stereocenters. The zero-order valence-electron chi connectivity index (χ0n) is 12.5. The standard InChI is InChI=1S/C14H32N2/c1-8-16(9-2)14(6)11-10-13(5)15(7)12(3)4/h12-14H,8-11H2,1-7H3. The van der Waals surface area contributed by atoms with Crippen molar-refractivity contribution in [2.75, 3.05) is 20.1 Å². The molecule has 0 spiro atoms. The highest BCUT2D eigenvalue weighted by molar-refractivity contribution is 4.71. The van der Waals surface area contributed by atoms with Gasteiger partial charge in [0.15, 0.2) is 0 Å². The van der Waals surface area contributed by atoms with Crippen molar-refractivity contribution in [2.24, 2.45) is 0 Å². The highest BCUT2D eigenvalue weighted by Crippen LogP contribution is 2.12. The second-order valence-corrected chi connectivity index (χ2v) is 5.26. The summed E-state index contributed by atoms with van der Waals surface area (Å²) in [6.07, 6.45) is 2.60. The van der Waals surface area contributed by atoms with Gasteiger partial charge in [-0.2, -0.15) is 0 Å². The first-order valence-electron chi connectivity index (χ1n) is 6.89. The van der Waals surface area contributed by atoms with E-state index < -0.39 is 0 Å². The fourth-order valence-corrected chi connectivity index (χ4v) is 2.22. The molecule has 0 radical (unpaired) electrons. The average Bonchev–Trinajstić information content (AvgIpc) is 2.26. The Morgan fingerprint density at radius 1 is 0.812 bits per heavy atom. The van der Waals surface area contributed by atoms with Crippen LogP contribution in [0.4, 0.5) is 0 Å². The minimum absolute atomic E-state index is 0.652. The van der Waals surface area contributed by atoms with Gasteiger partial charge in [0.1, 0.15) is 0 Å². The molecule has 0 heterocycles. The summed E-state index contributed by atoms with van der Waals surface area (Å²) in [5, 5.41) is 0. The van der Waals surface area contributed by atoms with E-state index in [0.29, 0.717) is 12.1 Å². The van der Waals surface area contributed by atoms with Crippen LogP contribution in [0.25, 0.3) is 0 Å². The first-order valence-corrected chi connectivity index (χ1v) is 6.89. The summed E-state index contributed by atoms with van der Waals surface area (Å²) in [6.45, 7) is 16.1. The number of rotatable bonds is 8. The van der Waals surface area contributed by atoms with Gasteiger partial charge in [0, 0.05) is 18.1 Å². The maximum Gasteiger partial charge on any atom is 0.00672 e. The molecule has 0 aromatic rings. The quantitative estimate of drug-likeness (QED) is 0.629. The van der Waals surface area contributed by atoms with Gasteiger partial charge in [-0.3, -0.25) is 0 Å². The summed E-state index contributed by atoms with van der Waals surface area (Å²) in [7, 11) is 2.23. The molecule has 0 aliphatic carbocycles. The molecule has 0 rings (SSSR count). The summed E-state index contributed by atoms with van der Waals surface area (Å²) in [4.78, 5) is 5.01. The predicted octanol–water partition coefficient (Wildman–Crippen LogP) is 3.23. The molecule has 0 aromatic heterocycles. The Morgan fingerprint density at radius 2 is 1.25 bits per heavy atom. The van der Waals surface area contributed by atoms with E-state index in [1.54, 1.807) is 0 Å². The molecule has 0 saturated carbocycles. The Morgan fingerprint density at radius 3 is 1.62 bits per heavy atom. The molecular formula is C14H32N2. The van der Waals surface area contributed by atoms with Crippen LogP contribution in [0.2, 0.25) is 0 Å². The van der Waals surface area contributed by atoms with Crippen LogP contribution in [0.1, 0.15) is 54.4 Å². The second kappa shape index (κ2) is 8.08. The van der Waals surface area contributed by atoms with Gasteiger partial charge >= 0.3 is 0 Å². The van der Waals surface area contributed by atoms with Crippen molar-refractivity contribution in [1.82, 2.24) is 9.80 Å². The lowest BCUT2D eigenvalue weighted by atomic mass is 10.1. The third-order valence-electron chi connectivity index (χ3n) is 3.95. The normalized spacial score (nSPS) is 16.1. The first kappa shape index (κ1) is 15.9. The van der Waals surface area contributed by atoms with Crippen LogP contribution in [0.5, 0.6) is 0 Å². The summed E-state index contributed by atoms with van der Waals surface area (Å²) in [6, 6.07) is 2.06. The first-order chi connectivity index (χ1) is 7.43. The second-order valence-electron chi connectivity index (χ2n) is 5.26. The van der Waals surface area contributed by atoms with E-state index in [0.717, 1.165) is 6.04 Å². The van der Waals surface area contributed by atoms with Crippen molar-refractivity contribution >= 4 is 0 Å². The topological polar surface area (TPSA) is 6.48 Å². The average molecular weight is 228 g/mol. The maximum absolute atomic E-state index is 2.54. The molecule has 98 valence electrons. The van der Waals surface area contributed by atoms with E-state index in [1.165, 1.54) is 25.9 Å². The van der Waals surface area contributed by atoms with Crippen molar-refractivity contribution in [3.05, 3.63) is 0 Å². The van der Waals surface area contributed by atoms with Gasteiger partial charge in [-0.1, -0.05) is 13.8 Å². The van der Waals surface area contributed by atoms with Gasteiger partial charge < -0.3 is 9.80 Å². The lowest BCUT2D eigenvalue weighted by molar-refractivity contribution is 0.168. The fraction of sp³-hybridized carbons (Fsp3) is 1.00. The van der Waals surface area contributed by atoms with Gasteiger partial charge in [-0.25, -0.2) is 0 Å². The van der Waals surface area contributed by atoms with Crippen LogP contribution in [0, 0.1) is 0 Å². The molecule has 0 aliphatic rings. The van der Waals surface area contributed by atoms with Gasteiger partial charge in [-0.15, -0.1) is 0 Å². The smallest absolute Gasteiger partial charge is 0.00672 e. The molecule has 0 aromatic carbocycles. The molecule has 0 aliphatic heterocycles. The molecule has 2 heteroatoms. The van der Waals surface area contributed by atoms with Crippen LogP contribution in [-0.4, -0.2) is 48.1 Å². The Balaban J connectivity index is 3.95. The van der Waals surface area contributed by atoms with Crippen LogP contribution in [0.15, 0.2) is 0 Å². The zero-order chi connectivity index (χ0) is 12.7. The molecule has 0 bridgehead atoms. The molecule has 2 atom stereocenters. The summed E-state index contributed by atoms with van der Waals surface area (Å²) in [5.74, 6) is 0. The minimum atomic E-state index is 0.652. The Kier molecular flexibility index (Phi) is 8.04. The SMILES string of the molecule is CCN(CC)C(C)CCC(C)N(C)C(C)C. The Hall–Kier alpha value is -0.0800. The number of hydrogen-bond acceptors (Lipinski definition) is 2. The number of nitrogens with zero attached hydrogens (tertiary/aromatic N) is 2. The van der Waals surface area contributed by atoms with Gasteiger partial charge in [0.2, 0.25) is 0 Å². The third kappa shape index (κ3) is 5.31. The van der Waals surface area contributed by atoms with Gasteiger partial charge in [0.25, 0.3) is 0 Å². The lowest BCUT2D eigenvalue weighted by Crippen LogP contribution is -2.37. The van der Waals surface area contributed by atoms with E-state index >= 15 is 0 Å². The zero-order valence-corrected chi connectivity index (χ0v) is 12.5. The molecule has 2 nitrogen and oxygen atoms in total. The van der Waals surface area contributed by atoms with Crippen molar-refractivity contribution in [3.8, 4) is 0 Å². The monoisotopic (exact) mass is 228 g/mol. The van der Waals surface area contributed by atoms with Crippen molar-refractivity contribution in [1.29, 1.82) is 0 Å². The summed E-state index contributed by atoms with van der Waals surface area (Å²) < 4.78 is 0. The summed E-state index contributed by atoms with van der Waals surface area (Å²) in [5.41, 5.74) is 0. The number of hydrogen-bond donors (Lipinski definition) is 0. The van der Waals surface area contributed by atoms with E-state index in [2.05, 4.69) is 58.4 Å².